The van der Waals surface area contributed by atoms with Gasteiger partial charge in [-0.2, -0.15) is 0 Å². The van der Waals surface area contributed by atoms with Crippen LogP contribution in [0.15, 0.2) is 29.2 Å². The Morgan fingerprint density at radius 2 is 1.95 bits per heavy atom. The normalized spacial score (nSPS) is 20.4. The minimum Gasteiger partial charge on any atom is -0.403 e. The number of halogens is 2. The molecule has 11 heteroatoms. The van der Waals surface area contributed by atoms with E-state index in [0.717, 1.165) is 4.90 Å². The lowest BCUT2D eigenvalue weighted by atomic mass is 9.67. The highest BCUT2D eigenvalue weighted by molar-refractivity contribution is 6.30. The van der Waals surface area contributed by atoms with Crippen molar-refractivity contribution in [2.24, 2.45) is 5.92 Å². The van der Waals surface area contributed by atoms with Gasteiger partial charge in [0.15, 0.2) is 11.5 Å². The first kappa shape index (κ1) is 26.8. The van der Waals surface area contributed by atoms with Crippen molar-refractivity contribution in [1.82, 2.24) is 14.4 Å². The molecule has 4 rings (SSSR count). The van der Waals surface area contributed by atoms with Gasteiger partial charge in [-0.25, -0.2) is 9.18 Å². The van der Waals surface area contributed by atoms with Crippen LogP contribution in [0.3, 0.4) is 0 Å². The van der Waals surface area contributed by atoms with Gasteiger partial charge < -0.3 is 23.8 Å². The monoisotopic (exact) mass is 533 g/mol. The largest absolute Gasteiger partial charge is 0.414 e. The molecule has 2 aliphatic rings. The number of likely N-dealkylation sites (N-methyl/N-ethyl adjacent to an activating group) is 1. The van der Waals surface area contributed by atoms with Crippen LogP contribution in [-0.4, -0.2) is 73.6 Å². The van der Waals surface area contributed by atoms with E-state index in [1.165, 1.54) is 37.3 Å². The number of ketones is 1. The molecule has 1 spiro atoms. The summed E-state index contributed by atoms with van der Waals surface area (Å²) in [7, 11) is 6.12. The van der Waals surface area contributed by atoms with Gasteiger partial charge in [0, 0.05) is 54.0 Å². The van der Waals surface area contributed by atoms with Crippen LogP contribution in [0.4, 0.5) is 9.18 Å². The zero-order valence-electron chi connectivity index (χ0n) is 21.2. The summed E-state index contributed by atoms with van der Waals surface area (Å²) in [6, 6.07) is 4.51. The summed E-state index contributed by atoms with van der Waals surface area (Å²) < 4.78 is 26.7. The summed E-state index contributed by atoms with van der Waals surface area (Å²) in [5, 5.41) is -0.0585. The summed E-state index contributed by atoms with van der Waals surface area (Å²) in [6.07, 6.45) is 1.68. The minimum atomic E-state index is -0.857. The number of carbonyl (C=O) groups excluding carboxylic acids is 3. The number of rotatable bonds is 7. The molecule has 198 valence electrons. The Bertz CT molecular complexity index is 1320. The first-order chi connectivity index (χ1) is 17.5. The lowest BCUT2D eigenvalue weighted by molar-refractivity contribution is -0.0189. The SMILES string of the molecule is COCC1CC2(C1)CN(C)C(=O)c1c(OC(=O)N(C)C)c(=O)c(C(=O)CCc3cccc(Cl)c3F)cn12. The topological polar surface area (TPSA) is 98.2 Å². The first-order valence-corrected chi connectivity index (χ1v) is 12.3. The molecule has 0 atom stereocenters. The molecule has 1 saturated carbocycles. The third-order valence-corrected chi connectivity index (χ3v) is 7.30. The summed E-state index contributed by atoms with van der Waals surface area (Å²) in [4.78, 5) is 55.1. The number of hydrogen-bond acceptors (Lipinski definition) is 6. The first-order valence-electron chi connectivity index (χ1n) is 11.9. The van der Waals surface area contributed by atoms with Crippen LogP contribution in [0.25, 0.3) is 0 Å². The fraction of sp³-hybridized carbons (Fsp3) is 0.462. The fourth-order valence-electron chi connectivity index (χ4n) is 5.23. The molecule has 2 aromatic rings. The lowest BCUT2D eigenvalue weighted by Gasteiger charge is -2.54. The Morgan fingerprint density at radius 3 is 2.59 bits per heavy atom. The van der Waals surface area contributed by atoms with Gasteiger partial charge in [-0.15, -0.1) is 0 Å². The number of pyridine rings is 1. The van der Waals surface area contributed by atoms with E-state index in [9.17, 15) is 23.6 Å². The maximum atomic E-state index is 14.4. The molecule has 2 amide bonds. The molecule has 0 unspecified atom stereocenters. The predicted octanol–water partition coefficient (Wildman–Crippen LogP) is 3.35. The Labute approximate surface area is 218 Å². The molecule has 1 aromatic heterocycles. The molecule has 0 saturated heterocycles. The van der Waals surface area contributed by atoms with Crippen molar-refractivity contribution in [2.45, 2.75) is 31.2 Å². The third-order valence-electron chi connectivity index (χ3n) is 7.00. The van der Waals surface area contributed by atoms with E-state index in [2.05, 4.69) is 0 Å². The van der Waals surface area contributed by atoms with E-state index in [1.54, 1.807) is 24.8 Å². The van der Waals surface area contributed by atoms with E-state index in [0.29, 0.717) is 26.0 Å². The van der Waals surface area contributed by atoms with E-state index in [1.807, 2.05) is 0 Å². The molecule has 0 N–H and O–H groups in total. The molecule has 37 heavy (non-hydrogen) atoms. The van der Waals surface area contributed by atoms with Crippen molar-refractivity contribution in [3.8, 4) is 5.75 Å². The van der Waals surface area contributed by atoms with E-state index in [4.69, 9.17) is 21.1 Å². The van der Waals surface area contributed by atoms with Crippen molar-refractivity contribution in [3.63, 3.8) is 0 Å². The van der Waals surface area contributed by atoms with Crippen LogP contribution in [0, 0.1) is 11.7 Å². The number of methoxy groups -OCH3 is 1. The number of nitrogens with zero attached hydrogens (tertiary/aromatic N) is 3. The average Bonchev–Trinajstić information content (AvgIpc) is 2.83. The van der Waals surface area contributed by atoms with Crippen molar-refractivity contribution in [3.05, 3.63) is 62.3 Å². The molecule has 1 fully saturated rings. The highest BCUT2D eigenvalue weighted by atomic mass is 35.5. The standard InChI is InChI=1S/C26H29ClFN3O6/c1-29(2)25(35)37-23-21-24(34)30(3)14-26(10-15(11-26)13-36-4)31(21)12-17(22(23)33)19(32)9-8-16-6-5-7-18(27)20(16)28/h5-7,12,15H,8-11,13-14H2,1-4H3. The van der Waals surface area contributed by atoms with Crippen LogP contribution < -0.4 is 10.2 Å². The predicted molar refractivity (Wildman–Crippen MR) is 134 cm³/mol. The number of Topliss-reactive ketones (excluding diaryl/α,β-unsaturated/α-hetero) is 1. The highest BCUT2D eigenvalue weighted by Crippen LogP contribution is 2.48. The van der Waals surface area contributed by atoms with Gasteiger partial charge in [0.25, 0.3) is 5.91 Å². The Kier molecular flexibility index (Phi) is 7.43. The Balaban J connectivity index is 1.79. The molecule has 1 aromatic carbocycles. The minimum absolute atomic E-state index is 0.0158. The second-order valence-corrected chi connectivity index (χ2v) is 10.3. The van der Waals surface area contributed by atoms with Crippen LogP contribution in [-0.2, 0) is 16.7 Å². The summed E-state index contributed by atoms with van der Waals surface area (Å²) in [5.74, 6) is -1.91. The van der Waals surface area contributed by atoms with E-state index >= 15 is 0 Å². The van der Waals surface area contributed by atoms with Crippen LogP contribution >= 0.6 is 11.6 Å². The molecular formula is C26H29ClFN3O6. The number of carbonyl (C=O) groups is 3. The average molecular weight is 534 g/mol. The molecule has 0 bridgehead atoms. The number of fused-ring (bicyclic) bond motifs is 2. The van der Waals surface area contributed by atoms with Crippen molar-refractivity contribution < 1.29 is 28.2 Å². The number of amides is 2. The maximum absolute atomic E-state index is 14.4. The fourth-order valence-corrected chi connectivity index (χ4v) is 5.42. The van der Waals surface area contributed by atoms with Crippen molar-refractivity contribution in [1.29, 1.82) is 0 Å². The molecular weight excluding hydrogens is 505 g/mol. The molecule has 1 aliphatic heterocycles. The van der Waals surface area contributed by atoms with Gasteiger partial charge in [-0.05, 0) is 36.8 Å². The number of benzene rings is 1. The van der Waals surface area contributed by atoms with Gasteiger partial charge >= 0.3 is 6.09 Å². The lowest BCUT2D eigenvalue weighted by Crippen LogP contribution is -2.60. The summed E-state index contributed by atoms with van der Waals surface area (Å²) in [6.45, 7) is 0.902. The number of aryl methyl sites for hydroxylation is 1. The Hall–Kier alpha value is -3.24. The third kappa shape index (κ3) is 4.87. The van der Waals surface area contributed by atoms with Crippen LogP contribution in [0.5, 0.6) is 5.75 Å². The zero-order valence-corrected chi connectivity index (χ0v) is 21.9. The second kappa shape index (κ2) is 10.3. The number of aromatic nitrogens is 1. The maximum Gasteiger partial charge on any atom is 0.414 e. The quantitative estimate of drug-likeness (QED) is 0.506. The van der Waals surface area contributed by atoms with Gasteiger partial charge in [0.1, 0.15) is 5.82 Å². The van der Waals surface area contributed by atoms with E-state index < -0.39 is 40.3 Å². The zero-order chi connectivity index (χ0) is 27.1. The van der Waals surface area contributed by atoms with Crippen molar-refractivity contribution >= 4 is 29.4 Å². The van der Waals surface area contributed by atoms with Gasteiger partial charge in [-0.1, -0.05) is 23.7 Å². The molecule has 9 nitrogen and oxygen atoms in total. The smallest absolute Gasteiger partial charge is 0.403 e. The van der Waals surface area contributed by atoms with Crippen LogP contribution in [0.1, 0.15) is 45.7 Å². The summed E-state index contributed by atoms with van der Waals surface area (Å²) >= 11 is 5.85. The van der Waals surface area contributed by atoms with Gasteiger partial charge in [0.2, 0.25) is 11.2 Å². The second-order valence-electron chi connectivity index (χ2n) is 9.93. The molecule has 1 aliphatic carbocycles. The number of hydrogen-bond donors (Lipinski definition) is 0. The number of ether oxygens (including phenoxy) is 2. The Morgan fingerprint density at radius 1 is 1.24 bits per heavy atom. The van der Waals surface area contributed by atoms with E-state index in [-0.39, 0.29) is 40.6 Å². The molecule has 0 radical (unpaired) electrons. The van der Waals surface area contributed by atoms with Gasteiger partial charge in [-0.3, -0.25) is 14.4 Å². The summed E-state index contributed by atoms with van der Waals surface area (Å²) in [5.41, 5.74) is -1.48. The van der Waals surface area contributed by atoms with Crippen LogP contribution in [0.2, 0.25) is 5.02 Å². The van der Waals surface area contributed by atoms with Crippen molar-refractivity contribution in [2.75, 3.05) is 41.4 Å². The highest BCUT2D eigenvalue weighted by Gasteiger charge is 2.52. The molecule has 2 heterocycles. The van der Waals surface area contributed by atoms with Gasteiger partial charge in [0.05, 0.1) is 16.1 Å².